The Kier molecular flexibility index (Phi) is 4.36. The molecule has 1 aromatic carbocycles. The third-order valence-electron chi connectivity index (χ3n) is 2.81. The van der Waals surface area contributed by atoms with Gasteiger partial charge in [0.15, 0.2) is 0 Å². The van der Waals surface area contributed by atoms with Crippen molar-refractivity contribution in [3.05, 3.63) is 56.5 Å². The summed E-state index contributed by atoms with van der Waals surface area (Å²) in [5.74, 6) is 0.771. The summed E-state index contributed by atoms with van der Waals surface area (Å²) in [6.45, 7) is 4.04. The molecule has 0 unspecified atom stereocenters. The number of aryl methyl sites for hydroxylation is 1. The molecule has 1 heterocycles. The highest BCUT2D eigenvalue weighted by Gasteiger charge is 2.08. The second-order valence-electron chi connectivity index (χ2n) is 4.15. The molecule has 0 aliphatic carbocycles. The lowest BCUT2D eigenvalue weighted by Gasteiger charge is -2.08. The van der Waals surface area contributed by atoms with Crippen LogP contribution in [-0.4, -0.2) is 9.97 Å². The molecule has 2 aromatic rings. The quantitative estimate of drug-likeness (QED) is 0.784. The molecular formula is C14H14BrClN2. The van der Waals surface area contributed by atoms with Gasteiger partial charge in [-0.2, -0.15) is 0 Å². The van der Waals surface area contributed by atoms with E-state index in [1.807, 2.05) is 19.1 Å². The molecule has 0 atom stereocenters. The van der Waals surface area contributed by atoms with Crippen LogP contribution in [0.5, 0.6) is 0 Å². The van der Waals surface area contributed by atoms with Crippen molar-refractivity contribution in [1.29, 1.82) is 0 Å². The van der Waals surface area contributed by atoms with Crippen molar-refractivity contribution in [2.45, 2.75) is 26.7 Å². The van der Waals surface area contributed by atoms with E-state index in [0.717, 1.165) is 28.0 Å². The molecule has 0 saturated heterocycles. The Bertz CT molecular complexity index is 546. The van der Waals surface area contributed by atoms with Crippen molar-refractivity contribution in [1.82, 2.24) is 9.97 Å². The van der Waals surface area contributed by atoms with Gasteiger partial charge in [-0.3, -0.25) is 0 Å². The summed E-state index contributed by atoms with van der Waals surface area (Å²) in [5, 5.41) is 0.579. The van der Waals surface area contributed by atoms with Crippen LogP contribution in [0, 0.1) is 6.92 Å². The zero-order valence-corrected chi connectivity index (χ0v) is 12.7. The van der Waals surface area contributed by atoms with Gasteiger partial charge in [0.1, 0.15) is 11.0 Å². The summed E-state index contributed by atoms with van der Waals surface area (Å²) in [7, 11) is 0. The first-order valence-electron chi connectivity index (χ1n) is 5.86. The van der Waals surface area contributed by atoms with Crippen LogP contribution in [0.2, 0.25) is 5.15 Å². The minimum absolute atomic E-state index is 0.579. The molecular weight excluding hydrogens is 312 g/mol. The molecule has 94 valence electrons. The lowest BCUT2D eigenvalue weighted by atomic mass is 10.1. The maximum atomic E-state index is 6.17. The fraction of sp³-hybridized carbons (Fsp3) is 0.286. The largest absolute Gasteiger partial charge is 0.237 e. The molecule has 0 bridgehead atoms. The van der Waals surface area contributed by atoms with E-state index in [9.17, 15) is 0 Å². The van der Waals surface area contributed by atoms with Gasteiger partial charge in [0.25, 0.3) is 0 Å². The zero-order chi connectivity index (χ0) is 13.1. The fourth-order valence-electron chi connectivity index (χ4n) is 1.93. The van der Waals surface area contributed by atoms with Crippen LogP contribution in [0.15, 0.2) is 28.7 Å². The third-order valence-corrected chi connectivity index (χ3v) is 3.62. The standard InChI is InChI=1S/C14H14BrClN2/c1-3-12-9(2)17-13(18-14(12)16)8-10-5-4-6-11(15)7-10/h4-7H,3,8H2,1-2H3. The van der Waals surface area contributed by atoms with Gasteiger partial charge in [-0.05, 0) is 31.0 Å². The van der Waals surface area contributed by atoms with Crippen LogP contribution in [-0.2, 0) is 12.8 Å². The van der Waals surface area contributed by atoms with Gasteiger partial charge >= 0.3 is 0 Å². The van der Waals surface area contributed by atoms with Crippen LogP contribution in [0.4, 0.5) is 0 Å². The molecule has 2 nitrogen and oxygen atoms in total. The second kappa shape index (κ2) is 5.81. The minimum atomic E-state index is 0.579. The van der Waals surface area contributed by atoms with Crippen LogP contribution < -0.4 is 0 Å². The molecule has 0 fully saturated rings. The Balaban J connectivity index is 2.30. The van der Waals surface area contributed by atoms with Gasteiger partial charge < -0.3 is 0 Å². The highest BCUT2D eigenvalue weighted by Crippen LogP contribution is 2.19. The third kappa shape index (κ3) is 3.09. The first-order chi connectivity index (χ1) is 8.60. The average Bonchev–Trinajstić information content (AvgIpc) is 2.28. The number of hydrogen-bond donors (Lipinski definition) is 0. The van der Waals surface area contributed by atoms with E-state index in [0.29, 0.717) is 11.6 Å². The molecule has 2 rings (SSSR count). The predicted octanol–water partition coefficient (Wildman–Crippen LogP) is 4.35. The Morgan fingerprint density at radius 1 is 1.28 bits per heavy atom. The van der Waals surface area contributed by atoms with Crippen molar-refractivity contribution < 1.29 is 0 Å². The lowest BCUT2D eigenvalue weighted by molar-refractivity contribution is 0.904. The van der Waals surface area contributed by atoms with Gasteiger partial charge in [-0.1, -0.05) is 46.6 Å². The van der Waals surface area contributed by atoms with Crippen molar-refractivity contribution in [2.75, 3.05) is 0 Å². The molecule has 0 saturated carbocycles. The highest BCUT2D eigenvalue weighted by atomic mass is 79.9. The number of rotatable bonds is 3. The number of nitrogens with zero attached hydrogens (tertiary/aromatic N) is 2. The summed E-state index contributed by atoms with van der Waals surface area (Å²) in [6.07, 6.45) is 1.56. The van der Waals surface area contributed by atoms with Crippen LogP contribution in [0.1, 0.15) is 29.6 Å². The Labute approximate surface area is 121 Å². The molecule has 1 aromatic heterocycles. The molecule has 0 amide bonds. The minimum Gasteiger partial charge on any atom is -0.237 e. The van der Waals surface area contributed by atoms with Gasteiger partial charge in [0, 0.05) is 22.2 Å². The van der Waals surface area contributed by atoms with Crippen molar-refractivity contribution in [3.63, 3.8) is 0 Å². The SMILES string of the molecule is CCc1c(C)nc(Cc2cccc(Br)c2)nc1Cl. The summed E-state index contributed by atoms with van der Waals surface area (Å²) in [6, 6.07) is 8.14. The van der Waals surface area contributed by atoms with E-state index in [4.69, 9.17) is 11.6 Å². The van der Waals surface area contributed by atoms with E-state index in [2.05, 4.69) is 45.0 Å². The summed E-state index contributed by atoms with van der Waals surface area (Å²) < 4.78 is 1.06. The Morgan fingerprint density at radius 2 is 2.06 bits per heavy atom. The molecule has 0 spiro atoms. The Hall–Kier alpha value is -0.930. The van der Waals surface area contributed by atoms with Crippen LogP contribution >= 0.6 is 27.5 Å². The molecule has 0 aliphatic rings. The van der Waals surface area contributed by atoms with Crippen LogP contribution in [0.25, 0.3) is 0 Å². The molecule has 4 heteroatoms. The Morgan fingerprint density at radius 3 is 2.67 bits per heavy atom. The smallest absolute Gasteiger partial charge is 0.136 e. The monoisotopic (exact) mass is 324 g/mol. The molecule has 18 heavy (non-hydrogen) atoms. The van der Waals surface area contributed by atoms with Crippen LogP contribution in [0.3, 0.4) is 0 Å². The van der Waals surface area contributed by atoms with Gasteiger partial charge in [0.2, 0.25) is 0 Å². The van der Waals surface area contributed by atoms with Gasteiger partial charge in [-0.15, -0.1) is 0 Å². The number of benzene rings is 1. The summed E-state index contributed by atoms with van der Waals surface area (Å²) >= 11 is 9.63. The average molecular weight is 326 g/mol. The van der Waals surface area contributed by atoms with E-state index in [1.165, 1.54) is 5.56 Å². The summed E-state index contributed by atoms with van der Waals surface area (Å²) in [4.78, 5) is 8.89. The van der Waals surface area contributed by atoms with Crippen molar-refractivity contribution >= 4 is 27.5 Å². The predicted molar refractivity (Wildman–Crippen MR) is 78.1 cm³/mol. The fourth-order valence-corrected chi connectivity index (χ4v) is 2.74. The molecule has 0 radical (unpaired) electrons. The van der Waals surface area contributed by atoms with E-state index >= 15 is 0 Å². The van der Waals surface area contributed by atoms with E-state index < -0.39 is 0 Å². The number of aromatic nitrogens is 2. The summed E-state index contributed by atoms with van der Waals surface area (Å²) in [5.41, 5.74) is 3.18. The maximum Gasteiger partial charge on any atom is 0.136 e. The van der Waals surface area contributed by atoms with Crippen molar-refractivity contribution in [3.8, 4) is 0 Å². The van der Waals surface area contributed by atoms with Gasteiger partial charge in [0.05, 0.1) is 0 Å². The van der Waals surface area contributed by atoms with E-state index in [1.54, 1.807) is 0 Å². The zero-order valence-electron chi connectivity index (χ0n) is 10.4. The maximum absolute atomic E-state index is 6.17. The topological polar surface area (TPSA) is 25.8 Å². The first kappa shape index (κ1) is 13.5. The number of hydrogen-bond acceptors (Lipinski definition) is 2. The number of halogens is 2. The lowest BCUT2D eigenvalue weighted by Crippen LogP contribution is -2.03. The normalized spacial score (nSPS) is 10.7. The first-order valence-corrected chi connectivity index (χ1v) is 7.03. The molecule has 0 N–H and O–H groups in total. The van der Waals surface area contributed by atoms with Gasteiger partial charge in [-0.25, -0.2) is 9.97 Å². The van der Waals surface area contributed by atoms with E-state index in [-0.39, 0.29) is 0 Å². The van der Waals surface area contributed by atoms with Crippen molar-refractivity contribution in [2.24, 2.45) is 0 Å². The highest BCUT2D eigenvalue weighted by molar-refractivity contribution is 9.10. The second-order valence-corrected chi connectivity index (χ2v) is 5.43. The molecule has 0 aliphatic heterocycles.